The van der Waals surface area contributed by atoms with E-state index >= 15 is 0 Å². The van der Waals surface area contributed by atoms with E-state index in [9.17, 15) is 0 Å². The first-order valence-electron chi connectivity index (χ1n) is 8.68. The summed E-state index contributed by atoms with van der Waals surface area (Å²) < 4.78 is 0. The van der Waals surface area contributed by atoms with E-state index in [1.54, 1.807) is 0 Å². The zero-order valence-corrected chi connectivity index (χ0v) is 13.1. The molecule has 2 aliphatic rings. The molecule has 0 amide bonds. The van der Waals surface area contributed by atoms with Gasteiger partial charge < -0.3 is 0 Å². The normalized spacial score (nSPS) is 25.4. The van der Waals surface area contributed by atoms with E-state index in [-0.39, 0.29) is 0 Å². The van der Waals surface area contributed by atoms with Gasteiger partial charge in [0.2, 0.25) is 0 Å². The molecule has 0 bridgehead atoms. The van der Waals surface area contributed by atoms with Crippen LogP contribution in [0.25, 0.3) is 0 Å². The molecule has 2 fully saturated rings. The van der Waals surface area contributed by atoms with Crippen molar-refractivity contribution in [3.05, 3.63) is 24.0 Å². The Balaban J connectivity index is 1.68. The quantitative estimate of drug-likeness (QED) is 0.510. The molecular formula is C19H32. The fourth-order valence-electron chi connectivity index (χ4n) is 3.85. The molecule has 0 unspecified atom stereocenters. The van der Waals surface area contributed by atoms with Gasteiger partial charge in [-0.15, -0.1) is 0 Å². The maximum absolute atomic E-state index is 2.50. The van der Waals surface area contributed by atoms with Crippen LogP contribution >= 0.6 is 0 Å². The second kappa shape index (κ2) is 8.12. The second-order valence-corrected chi connectivity index (χ2v) is 6.59. The van der Waals surface area contributed by atoms with Crippen LogP contribution in [0.4, 0.5) is 0 Å². The molecule has 0 aromatic carbocycles. The first-order valence-corrected chi connectivity index (χ1v) is 8.68. The van der Waals surface area contributed by atoms with Gasteiger partial charge in [-0.1, -0.05) is 32.4 Å². The van der Waals surface area contributed by atoms with Gasteiger partial charge in [-0.25, -0.2) is 0 Å². The monoisotopic (exact) mass is 260 g/mol. The van der Waals surface area contributed by atoms with Gasteiger partial charge in [0.25, 0.3) is 0 Å². The summed E-state index contributed by atoms with van der Waals surface area (Å²) in [6.07, 6.45) is 20.3. The highest BCUT2D eigenvalue weighted by Crippen LogP contribution is 2.43. The van der Waals surface area contributed by atoms with Crippen LogP contribution in [0.3, 0.4) is 0 Å². The van der Waals surface area contributed by atoms with Crippen LogP contribution in [0.2, 0.25) is 0 Å². The highest BCUT2D eigenvalue weighted by atomic mass is 14.3. The van der Waals surface area contributed by atoms with E-state index in [0.717, 1.165) is 11.8 Å². The first-order chi connectivity index (χ1) is 9.33. The lowest BCUT2D eigenvalue weighted by molar-refractivity contribution is 0.312. The molecule has 2 aliphatic carbocycles. The molecule has 0 aromatic heterocycles. The Kier molecular flexibility index (Phi) is 6.47. The van der Waals surface area contributed by atoms with Gasteiger partial charge in [0, 0.05) is 0 Å². The molecule has 0 saturated heterocycles. The molecule has 2 radical (unpaired) electrons. The summed E-state index contributed by atoms with van der Waals surface area (Å²) in [6.45, 7) is 4.60. The number of allylic oxidation sites excluding steroid dienone is 2. The SMILES string of the molecule is CCC/C=C/C1CC[C](C2CC[C](CC)CC2)CC1. The van der Waals surface area contributed by atoms with Gasteiger partial charge in [0.15, 0.2) is 0 Å². The third kappa shape index (κ3) is 4.65. The summed E-state index contributed by atoms with van der Waals surface area (Å²) in [6, 6.07) is 0. The average molecular weight is 260 g/mol. The molecule has 0 atom stereocenters. The molecular weight excluding hydrogens is 228 g/mol. The van der Waals surface area contributed by atoms with Gasteiger partial charge in [0.05, 0.1) is 0 Å². The molecule has 0 spiro atoms. The predicted molar refractivity (Wildman–Crippen MR) is 84.7 cm³/mol. The third-order valence-corrected chi connectivity index (χ3v) is 5.31. The molecule has 19 heavy (non-hydrogen) atoms. The largest absolute Gasteiger partial charge is 0.0883 e. The molecule has 0 nitrogen and oxygen atoms in total. The van der Waals surface area contributed by atoms with Crippen molar-refractivity contribution in [1.29, 1.82) is 0 Å². The van der Waals surface area contributed by atoms with E-state index in [1.807, 2.05) is 11.8 Å². The molecule has 0 heterocycles. The minimum Gasteiger partial charge on any atom is -0.0883 e. The standard InChI is InChI=1S/C19H32/c1-3-5-6-7-17-10-14-19(15-11-17)18-12-8-16(4-2)9-13-18/h6-7,17-18H,3-5,8-15H2,1-2H3/b7-6+. The molecule has 0 heteroatoms. The number of hydrogen-bond donors (Lipinski definition) is 0. The van der Waals surface area contributed by atoms with E-state index in [2.05, 4.69) is 26.0 Å². The minimum atomic E-state index is 0.886. The van der Waals surface area contributed by atoms with Crippen molar-refractivity contribution in [2.45, 2.75) is 84.5 Å². The highest BCUT2D eigenvalue weighted by Gasteiger charge is 2.30. The van der Waals surface area contributed by atoms with Gasteiger partial charge >= 0.3 is 0 Å². The van der Waals surface area contributed by atoms with Crippen molar-refractivity contribution in [3.63, 3.8) is 0 Å². The lowest BCUT2D eigenvalue weighted by Gasteiger charge is -2.36. The zero-order chi connectivity index (χ0) is 13.5. The van der Waals surface area contributed by atoms with Crippen molar-refractivity contribution in [2.75, 3.05) is 0 Å². The fraction of sp³-hybridized carbons (Fsp3) is 0.789. The Morgan fingerprint density at radius 2 is 1.63 bits per heavy atom. The van der Waals surface area contributed by atoms with Crippen molar-refractivity contribution in [2.24, 2.45) is 11.8 Å². The maximum Gasteiger partial charge on any atom is -0.0210 e. The highest BCUT2D eigenvalue weighted by molar-refractivity contribution is 5.07. The first kappa shape index (κ1) is 15.1. The van der Waals surface area contributed by atoms with Crippen molar-refractivity contribution < 1.29 is 0 Å². The Bertz CT molecular complexity index is 249. The average Bonchev–Trinajstić information content (AvgIpc) is 2.48. The second-order valence-electron chi connectivity index (χ2n) is 6.59. The van der Waals surface area contributed by atoms with Crippen LogP contribution in [0.1, 0.15) is 84.5 Å². The smallest absolute Gasteiger partial charge is 0.0210 e. The summed E-state index contributed by atoms with van der Waals surface area (Å²) >= 11 is 0. The summed E-state index contributed by atoms with van der Waals surface area (Å²) in [5.74, 6) is 5.62. The third-order valence-electron chi connectivity index (χ3n) is 5.31. The van der Waals surface area contributed by atoms with Gasteiger partial charge in [0.1, 0.15) is 0 Å². The predicted octanol–water partition coefficient (Wildman–Crippen LogP) is 6.28. The molecule has 108 valence electrons. The van der Waals surface area contributed by atoms with Crippen LogP contribution in [-0.2, 0) is 0 Å². The summed E-state index contributed by atoms with van der Waals surface area (Å²) in [5.41, 5.74) is 0. The zero-order valence-electron chi connectivity index (χ0n) is 13.1. The molecule has 0 N–H and O–H groups in total. The lowest BCUT2D eigenvalue weighted by atomic mass is 9.69. The van der Waals surface area contributed by atoms with Gasteiger partial charge in [-0.3, -0.25) is 0 Å². The van der Waals surface area contributed by atoms with Crippen LogP contribution in [0, 0.1) is 23.7 Å². The topological polar surface area (TPSA) is 0 Å². The lowest BCUT2D eigenvalue weighted by Crippen LogP contribution is -2.23. The number of unbranched alkanes of at least 4 members (excludes halogenated alkanes) is 1. The Hall–Kier alpha value is -0.260. The molecule has 0 aromatic rings. The van der Waals surface area contributed by atoms with Gasteiger partial charge in [-0.05, 0) is 87.9 Å². The Labute approximate surface area is 121 Å². The summed E-state index contributed by atoms with van der Waals surface area (Å²) in [5, 5.41) is 0. The maximum atomic E-state index is 2.50. The van der Waals surface area contributed by atoms with Crippen LogP contribution < -0.4 is 0 Å². The van der Waals surface area contributed by atoms with Crippen molar-refractivity contribution in [1.82, 2.24) is 0 Å². The van der Waals surface area contributed by atoms with E-state index in [0.29, 0.717) is 0 Å². The fourth-order valence-corrected chi connectivity index (χ4v) is 3.85. The summed E-state index contributed by atoms with van der Waals surface area (Å²) in [7, 11) is 0. The van der Waals surface area contributed by atoms with E-state index in [4.69, 9.17) is 0 Å². The Morgan fingerprint density at radius 1 is 0.947 bits per heavy atom. The van der Waals surface area contributed by atoms with Crippen molar-refractivity contribution in [3.8, 4) is 0 Å². The van der Waals surface area contributed by atoms with Gasteiger partial charge in [-0.2, -0.15) is 0 Å². The molecule has 2 rings (SSSR count). The van der Waals surface area contributed by atoms with Crippen LogP contribution in [-0.4, -0.2) is 0 Å². The number of hydrogen-bond acceptors (Lipinski definition) is 0. The van der Waals surface area contributed by atoms with E-state index < -0.39 is 0 Å². The van der Waals surface area contributed by atoms with Crippen LogP contribution in [0.5, 0.6) is 0 Å². The molecule has 2 saturated carbocycles. The van der Waals surface area contributed by atoms with Crippen molar-refractivity contribution >= 4 is 0 Å². The Morgan fingerprint density at radius 3 is 2.21 bits per heavy atom. The number of rotatable bonds is 5. The summed E-state index contributed by atoms with van der Waals surface area (Å²) in [4.78, 5) is 0. The molecule has 0 aliphatic heterocycles. The van der Waals surface area contributed by atoms with E-state index in [1.165, 1.54) is 70.6 Å². The van der Waals surface area contributed by atoms with Crippen LogP contribution in [0.15, 0.2) is 12.2 Å². The minimum absolute atomic E-state index is 0.886.